The van der Waals surface area contributed by atoms with Gasteiger partial charge in [-0.3, -0.25) is 0 Å². The van der Waals surface area contributed by atoms with Crippen LogP contribution in [0.3, 0.4) is 0 Å². The van der Waals surface area contributed by atoms with Crippen molar-refractivity contribution in [2.24, 2.45) is 17.8 Å². The predicted molar refractivity (Wildman–Crippen MR) is 124 cm³/mol. The summed E-state index contributed by atoms with van der Waals surface area (Å²) in [6.45, 7) is 5.61. The summed E-state index contributed by atoms with van der Waals surface area (Å²) in [7, 11) is 0. The van der Waals surface area contributed by atoms with Gasteiger partial charge in [0.2, 0.25) is 0 Å². The van der Waals surface area contributed by atoms with Crippen molar-refractivity contribution in [2.75, 3.05) is 6.61 Å². The molecule has 2 fully saturated rings. The van der Waals surface area contributed by atoms with Crippen LogP contribution in [0, 0.1) is 17.8 Å². The summed E-state index contributed by atoms with van der Waals surface area (Å²) >= 11 is 0. The molecule has 0 bridgehead atoms. The monoisotopic (exact) mass is 392 g/mol. The quantitative estimate of drug-likeness (QED) is 0.252. The van der Waals surface area contributed by atoms with E-state index in [0.29, 0.717) is 6.10 Å². The second-order valence-electron chi connectivity index (χ2n) is 10.2. The van der Waals surface area contributed by atoms with Gasteiger partial charge in [-0.25, -0.2) is 0 Å². The van der Waals surface area contributed by atoms with Gasteiger partial charge in [0.25, 0.3) is 0 Å². The van der Waals surface area contributed by atoms with Crippen LogP contribution in [0.15, 0.2) is 0 Å². The van der Waals surface area contributed by atoms with E-state index in [1.807, 2.05) is 0 Å². The highest BCUT2D eigenvalue weighted by atomic mass is 16.5. The zero-order valence-electron chi connectivity index (χ0n) is 19.6. The Labute approximate surface area is 177 Å². The number of ether oxygens (including phenoxy) is 1. The van der Waals surface area contributed by atoms with Crippen molar-refractivity contribution >= 4 is 0 Å². The average Bonchev–Trinajstić information content (AvgIpc) is 2.74. The van der Waals surface area contributed by atoms with E-state index < -0.39 is 0 Å². The van der Waals surface area contributed by atoms with Gasteiger partial charge in [0, 0.05) is 6.61 Å². The molecule has 0 saturated heterocycles. The molecular formula is C27H52O. The van der Waals surface area contributed by atoms with Crippen LogP contribution in [0.2, 0.25) is 0 Å². The van der Waals surface area contributed by atoms with Gasteiger partial charge in [-0.1, -0.05) is 110 Å². The van der Waals surface area contributed by atoms with E-state index in [9.17, 15) is 0 Å². The highest BCUT2D eigenvalue weighted by Gasteiger charge is 2.24. The van der Waals surface area contributed by atoms with Gasteiger partial charge in [0.05, 0.1) is 6.10 Å². The van der Waals surface area contributed by atoms with Crippen LogP contribution in [-0.4, -0.2) is 12.7 Å². The first kappa shape index (κ1) is 24.2. The number of hydrogen-bond donors (Lipinski definition) is 0. The molecule has 2 saturated carbocycles. The lowest BCUT2D eigenvalue weighted by atomic mass is 9.76. The minimum atomic E-state index is 0.589. The molecule has 0 aromatic heterocycles. The third-order valence-corrected chi connectivity index (χ3v) is 7.81. The van der Waals surface area contributed by atoms with Gasteiger partial charge in [0.1, 0.15) is 0 Å². The molecule has 0 N–H and O–H groups in total. The second-order valence-corrected chi connectivity index (χ2v) is 10.2. The zero-order valence-corrected chi connectivity index (χ0v) is 19.6. The molecule has 166 valence electrons. The maximum atomic E-state index is 6.14. The van der Waals surface area contributed by atoms with Crippen LogP contribution in [0.5, 0.6) is 0 Å². The normalized spacial score (nSPS) is 28.5. The number of rotatable bonds is 15. The smallest absolute Gasteiger partial charge is 0.0575 e. The van der Waals surface area contributed by atoms with Gasteiger partial charge in [-0.15, -0.1) is 0 Å². The zero-order chi connectivity index (χ0) is 19.9. The Balaban J connectivity index is 1.44. The molecule has 28 heavy (non-hydrogen) atoms. The molecule has 2 aliphatic carbocycles. The van der Waals surface area contributed by atoms with Crippen LogP contribution >= 0.6 is 0 Å². The Morgan fingerprint density at radius 3 is 1.54 bits per heavy atom. The Kier molecular flexibility index (Phi) is 13.6. The molecular weight excluding hydrogens is 340 g/mol. The van der Waals surface area contributed by atoms with E-state index in [4.69, 9.17) is 4.74 Å². The Hall–Kier alpha value is -0.0400. The van der Waals surface area contributed by atoms with Crippen LogP contribution in [0.25, 0.3) is 0 Å². The van der Waals surface area contributed by atoms with Crippen LogP contribution < -0.4 is 0 Å². The summed E-state index contributed by atoms with van der Waals surface area (Å²) in [6.07, 6.45) is 29.4. The first-order chi connectivity index (χ1) is 13.8. The van der Waals surface area contributed by atoms with Gasteiger partial charge in [-0.05, 0) is 49.9 Å². The first-order valence-corrected chi connectivity index (χ1v) is 13.4. The fourth-order valence-corrected chi connectivity index (χ4v) is 5.68. The maximum Gasteiger partial charge on any atom is 0.0575 e. The van der Waals surface area contributed by atoms with E-state index in [0.717, 1.165) is 24.4 Å². The van der Waals surface area contributed by atoms with Crippen molar-refractivity contribution in [3.8, 4) is 0 Å². The van der Waals surface area contributed by atoms with Crippen molar-refractivity contribution < 1.29 is 4.74 Å². The summed E-state index contributed by atoms with van der Waals surface area (Å²) in [6, 6.07) is 0. The van der Waals surface area contributed by atoms with Crippen molar-refractivity contribution in [2.45, 2.75) is 148 Å². The van der Waals surface area contributed by atoms with Gasteiger partial charge in [-0.2, -0.15) is 0 Å². The molecule has 0 spiro atoms. The molecule has 0 radical (unpaired) electrons. The lowest BCUT2D eigenvalue weighted by Crippen LogP contribution is -2.23. The molecule has 2 rings (SSSR count). The summed E-state index contributed by atoms with van der Waals surface area (Å²) in [5, 5.41) is 0. The van der Waals surface area contributed by atoms with Gasteiger partial charge < -0.3 is 4.74 Å². The maximum absolute atomic E-state index is 6.14. The summed E-state index contributed by atoms with van der Waals surface area (Å²) < 4.78 is 6.14. The first-order valence-electron chi connectivity index (χ1n) is 13.4. The highest BCUT2D eigenvalue weighted by molar-refractivity contribution is 4.77. The van der Waals surface area contributed by atoms with E-state index in [1.54, 1.807) is 0 Å². The van der Waals surface area contributed by atoms with Crippen molar-refractivity contribution in [1.82, 2.24) is 0 Å². The molecule has 2 aliphatic rings. The standard InChI is InChI=1S/C27H52O/c1-3-5-7-9-10-12-24-13-15-25(16-14-24)17-18-26-19-21-27(22-20-26)28-23-11-8-6-4-2/h24-27H,3-23H2,1-2H3. The Morgan fingerprint density at radius 2 is 0.964 bits per heavy atom. The number of unbranched alkanes of at least 4 members (excludes halogenated alkanes) is 7. The Morgan fingerprint density at radius 1 is 0.500 bits per heavy atom. The topological polar surface area (TPSA) is 9.23 Å². The summed E-state index contributed by atoms with van der Waals surface area (Å²) in [4.78, 5) is 0. The SMILES string of the molecule is CCCCCCCC1CCC(CCC2CCC(OCCCCCC)CC2)CC1. The lowest BCUT2D eigenvalue weighted by molar-refractivity contribution is 0.0145. The molecule has 0 unspecified atom stereocenters. The fraction of sp³-hybridized carbons (Fsp3) is 1.00. The third-order valence-electron chi connectivity index (χ3n) is 7.81. The van der Waals surface area contributed by atoms with E-state index >= 15 is 0 Å². The highest BCUT2D eigenvalue weighted by Crippen LogP contribution is 2.37. The second kappa shape index (κ2) is 15.8. The van der Waals surface area contributed by atoms with Crippen LogP contribution in [0.4, 0.5) is 0 Å². The van der Waals surface area contributed by atoms with E-state index in [-0.39, 0.29) is 0 Å². The third kappa shape index (κ3) is 10.7. The number of hydrogen-bond acceptors (Lipinski definition) is 1. The molecule has 0 aromatic carbocycles. The summed E-state index contributed by atoms with van der Waals surface area (Å²) in [5.41, 5.74) is 0. The fourth-order valence-electron chi connectivity index (χ4n) is 5.68. The molecule has 1 heteroatoms. The van der Waals surface area contributed by atoms with Crippen molar-refractivity contribution in [3.63, 3.8) is 0 Å². The van der Waals surface area contributed by atoms with E-state index in [1.165, 1.54) is 128 Å². The largest absolute Gasteiger partial charge is 0.378 e. The molecule has 0 aromatic rings. The predicted octanol–water partition coefficient (Wildman–Crippen LogP) is 9.09. The summed E-state index contributed by atoms with van der Waals surface area (Å²) in [5.74, 6) is 3.14. The van der Waals surface area contributed by atoms with Crippen molar-refractivity contribution in [3.05, 3.63) is 0 Å². The van der Waals surface area contributed by atoms with Crippen molar-refractivity contribution in [1.29, 1.82) is 0 Å². The minimum absolute atomic E-state index is 0.589. The lowest BCUT2D eigenvalue weighted by Gasteiger charge is -2.32. The molecule has 0 aliphatic heterocycles. The molecule has 0 heterocycles. The van der Waals surface area contributed by atoms with Gasteiger partial charge in [0.15, 0.2) is 0 Å². The molecule has 0 amide bonds. The average molecular weight is 393 g/mol. The minimum Gasteiger partial charge on any atom is -0.378 e. The van der Waals surface area contributed by atoms with Gasteiger partial charge >= 0.3 is 0 Å². The molecule has 0 atom stereocenters. The van der Waals surface area contributed by atoms with Crippen LogP contribution in [-0.2, 0) is 4.74 Å². The van der Waals surface area contributed by atoms with E-state index in [2.05, 4.69) is 13.8 Å². The molecule has 1 nitrogen and oxygen atoms in total. The Bertz CT molecular complexity index is 302. The van der Waals surface area contributed by atoms with Crippen LogP contribution in [0.1, 0.15) is 142 Å².